The lowest BCUT2D eigenvalue weighted by molar-refractivity contribution is 0.0528. The van der Waals surface area contributed by atoms with Crippen molar-refractivity contribution in [2.24, 2.45) is 0 Å². The molecule has 0 unspecified atom stereocenters. The Morgan fingerprint density at radius 2 is 1.94 bits per heavy atom. The maximum atomic E-state index is 11.3. The molecule has 0 atom stereocenters. The van der Waals surface area contributed by atoms with E-state index in [0.717, 1.165) is 0 Å². The Morgan fingerprint density at radius 1 is 1.35 bits per heavy atom. The largest absolute Gasteiger partial charge is 0.461 e. The quantitative estimate of drug-likeness (QED) is 0.624. The average Bonchev–Trinajstić information content (AvgIpc) is 2.27. The topological polar surface area (TPSA) is 104 Å². The fraction of sp³-hybridized carbons (Fsp3) is 0.200. The molecule has 0 bridgehead atoms. The van der Waals surface area contributed by atoms with E-state index in [2.05, 4.69) is 4.74 Å². The van der Waals surface area contributed by atoms with Gasteiger partial charge in [-0.05, 0) is 24.3 Å². The zero-order valence-corrected chi connectivity index (χ0v) is 9.48. The summed E-state index contributed by atoms with van der Waals surface area (Å²) < 4.78 is 33.8. The van der Waals surface area contributed by atoms with E-state index in [1.165, 1.54) is 24.3 Å². The van der Waals surface area contributed by atoms with Gasteiger partial charge in [0.25, 0.3) is 10.1 Å². The van der Waals surface area contributed by atoms with Crippen molar-refractivity contribution in [3.8, 4) is 6.07 Å². The Labute approximate surface area is 98.2 Å². The minimum Gasteiger partial charge on any atom is -0.461 e. The van der Waals surface area contributed by atoms with E-state index in [1.54, 1.807) is 0 Å². The Bertz CT molecular complexity index is 541. The van der Waals surface area contributed by atoms with Crippen molar-refractivity contribution in [2.75, 3.05) is 12.4 Å². The third-order valence-corrected chi connectivity index (χ3v) is 2.51. The van der Waals surface area contributed by atoms with Crippen LogP contribution >= 0.6 is 0 Å². The van der Waals surface area contributed by atoms with Crippen molar-refractivity contribution in [3.63, 3.8) is 0 Å². The van der Waals surface area contributed by atoms with Crippen LogP contribution in [0, 0.1) is 11.3 Å². The molecule has 7 heteroatoms. The molecular formula is C10H9NO5S. The first kappa shape index (κ1) is 13.2. The van der Waals surface area contributed by atoms with Gasteiger partial charge in [-0.3, -0.25) is 4.55 Å². The molecule has 0 fully saturated rings. The van der Waals surface area contributed by atoms with Gasteiger partial charge >= 0.3 is 5.97 Å². The average molecular weight is 255 g/mol. The van der Waals surface area contributed by atoms with Gasteiger partial charge in [-0.15, -0.1) is 0 Å². The molecule has 0 saturated heterocycles. The first-order chi connectivity index (χ1) is 7.92. The Kier molecular flexibility index (Phi) is 4.20. The van der Waals surface area contributed by atoms with Gasteiger partial charge in [0.1, 0.15) is 12.4 Å². The van der Waals surface area contributed by atoms with Crippen LogP contribution in [-0.4, -0.2) is 31.3 Å². The predicted octanol–water partition coefficient (Wildman–Crippen LogP) is 0.603. The summed E-state index contributed by atoms with van der Waals surface area (Å²) in [6.45, 7) is -0.419. The molecule has 0 saturated carbocycles. The fourth-order valence-corrected chi connectivity index (χ4v) is 1.30. The Balaban J connectivity index is 2.56. The molecule has 0 aromatic heterocycles. The summed E-state index contributed by atoms with van der Waals surface area (Å²) >= 11 is 0. The second-order valence-electron chi connectivity index (χ2n) is 3.11. The number of hydrogen-bond donors (Lipinski definition) is 1. The molecule has 1 rings (SSSR count). The number of nitriles is 1. The van der Waals surface area contributed by atoms with Crippen LogP contribution in [0.1, 0.15) is 15.9 Å². The number of esters is 1. The van der Waals surface area contributed by atoms with Gasteiger partial charge in [0.15, 0.2) is 0 Å². The summed E-state index contributed by atoms with van der Waals surface area (Å²) in [4.78, 5) is 11.3. The second-order valence-corrected chi connectivity index (χ2v) is 4.68. The molecule has 0 amide bonds. The van der Waals surface area contributed by atoms with Crippen molar-refractivity contribution >= 4 is 16.1 Å². The lowest BCUT2D eigenvalue weighted by atomic mass is 10.1. The van der Waals surface area contributed by atoms with Crippen LogP contribution in [0.25, 0.3) is 0 Å². The minimum atomic E-state index is -4.13. The number of carbonyl (C=O) groups excluding carboxylic acids is 1. The van der Waals surface area contributed by atoms with Gasteiger partial charge in [0.05, 0.1) is 17.2 Å². The van der Waals surface area contributed by atoms with E-state index >= 15 is 0 Å². The molecular weight excluding hydrogens is 246 g/mol. The molecule has 6 nitrogen and oxygen atoms in total. The molecule has 1 aromatic carbocycles. The summed E-state index contributed by atoms with van der Waals surface area (Å²) in [6, 6.07) is 7.57. The molecule has 0 aliphatic carbocycles. The highest BCUT2D eigenvalue weighted by Crippen LogP contribution is 2.05. The molecule has 0 radical (unpaired) electrons. The standard InChI is InChI=1S/C10H9NO5S/c11-7-8-1-3-9(4-2-8)10(12)16-5-6-17(13,14)15/h1-4H,5-6H2,(H,13,14,15). The normalized spacial score (nSPS) is 10.6. The van der Waals surface area contributed by atoms with Crippen molar-refractivity contribution in [1.82, 2.24) is 0 Å². The van der Waals surface area contributed by atoms with Gasteiger partial charge in [0, 0.05) is 0 Å². The monoisotopic (exact) mass is 255 g/mol. The number of carbonyl (C=O) groups is 1. The summed E-state index contributed by atoms with van der Waals surface area (Å²) in [5.74, 6) is -1.35. The van der Waals surface area contributed by atoms with Crippen molar-refractivity contribution in [2.45, 2.75) is 0 Å². The smallest absolute Gasteiger partial charge is 0.338 e. The highest BCUT2D eigenvalue weighted by molar-refractivity contribution is 7.85. The van der Waals surface area contributed by atoms with E-state index in [1.807, 2.05) is 6.07 Å². The van der Waals surface area contributed by atoms with Crippen LogP contribution in [0.5, 0.6) is 0 Å². The van der Waals surface area contributed by atoms with E-state index < -0.39 is 28.4 Å². The van der Waals surface area contributed by atoms with Gasteiger partial charge in [-0.25, -0.2) is 4.79 Å². The summed E-state index contributed by atoms with van der Waals surface area (Å²) in [5.41, 5.74) is 0.610. The predicted molar refractivity (Wildman–Crippen MR) is 57.9 cm³/mol. The number of ether oxygens (including phenoxy) is 1. The Morgan fingerprint density at radius 3 is 2.41 bits per heavy atom. The van der Waals surface area contributed by atoms with Crippen LogP contribution in [0.2, 0.25) is 0 Å². The highest BCUT2D eigenvalue weighted by atomic mass is 32.2. The van der Waals surface area contributed by atoms with Crippen LogP contribution in [0.3, 0.4) is 0 Å². The van der Waals surface area contributed by atoms with Gasteiger partial charge < -0.3 is 4.74 Å². The van der Waals surface area contributed by atoms with E-state index in [4.69, 9.17) is 9.81 Å². The summed E-state index contributed by atoms with van der Waals surface area (Å²) in [5, 5.41) is 8.54. The molecule has 0 spiro atoms. The van der Waals surface area contributed by atoms with Crippen LogP contribution < -0.4 is 0 Å². The lowest BCUT2D eigenvalue weighted by Gasteiger charge is -2.03. The molecule has 0 aliphatic heterocycles. The number of hydrogen-bond acceptors (Lipinski definition) is 5. The highest BCUT2D eigenvalue weighted by Gasteiger charge is 2.10. The van der Waals surface area contributed by atoms with E-state index in [9.17, 15) is 13.2 Å². The van der Waals surface area contributed by atoms with Crippen LogP contribution in [0.15, 0.2) is 24.3 Å². The molecule has 90 valence electrons. The van der Waals surface area contributed by atoms with Gasteiger partial charge in [-0.2, -0.15) is 13.7 Å². The zero-order chi connectivity index (χ0) is 12.9. The maximum Gasteiger partial charge on any atom is 0.338 e. The summed E-state index contributed by atoms with van der Waals surface area (Å²) in [7, 11) is -4.13. The first-order valence-corrected chi connectivity index (χ1v) is 6.16. The fourth-order valence-electron chi connectivity index (χ4n) is 1.00. The van der Waals surface area contributed by atoms with E-state index in [-0.39, 0.29) is 5.56 Å². The zero-order valence-electron chi connectivity index (χ0n) is 8.66. The number of benzene rings is 1. The molecule has 1 aromatic rings. The minimum absolute atomic E-state index is 0.208. The SMILES string of the molecule is N#Cc1ccc(C(=O)OCCS(=O)(=O)O)cc1. The number of rotatable bonds is 4. The van der Waals surface area contributed by atoms with Crippen molar-refractivity contribution in [1.29, 1.82) is 5.26 Å². The van der Waals surface area contributed by atoms with E-state index in [0.29, 0.717) is 5.56 Å². The van der Waals surface area contributed by atoms with Crippen LogP contribution in [0.4, 0.5) is 0 Å². The number of nitrogens with zero attached hydrogens (tertiary/aromatic N) is 1. The Hall–Kier alpha value is -1.91. The first-order valence-electron chi connectivity index (χ1n) is 4.55. The second kappa shape index (κ2) is 5.43. The van der Waals surface area contributed by atoms with Crippen molar-refractivity contribution in [3.05, 3.63) is 35.4 Å². The lowest BCUT2D eigenvalue weighted by Crippen LogP contribution is -2.14. The third kappa shape index (κ3) is 4.63. The van der Waals surface area contributed by atoms with Crippen molar-refractivity contribution < 1.29 is 22.5 Å². The molecule has 0 heterocycles. The van der Waals surface area contributed by atoms with Gasteiger partial charge in [-0.1, -0.05) is 0 Å². The molecule has 0 aliphatic rings. The summed E-state index contributed by atoms with van der Waals surface area (Å²) in [6.07, 6.45) is 0. The third-order valence-electron chi connectivity index (χ3n) is 1.82. The molecule has 17 heavy (non-hydrogen) atoms. The van der Waals surface area contributed by atoms with Crippen LogP contribution in [-0.2, 0) is 14.9 Å². The maximum absolute atomic E-state index is 11.3. The molecule has 1 N–H and O–H groups in total. The van der Waals surface area contributed by atoms with Gasteiger partial charge in [0.2, 0.25) is 0 Å².